The molecule has 0 radical (unpaired) electrons. The summed E-state index contributed by atoms with van der Waals surface area (Å²) in [6, 6.07) is 8.61. The number of nitro benzene ring substituents is 1. The minimum absolute atomic E-state index is 0.0281. The van der Waals surface area contributed by atoms with E-state index in [0.29, 0.717) is 15.6 Å². The van der Waals surface area contributed by atoms with Gasteiger partial charge in [0.05, 0.1) is 10.5 Å². The van der Waals surface area contributed by atoms with E-state index in [1.54, 1.807) is 30.1 Å². The predicted molar refractivity (Wildman–Crippen MR) is 88.6 cm³/mol. The molecule has 2 aromatic rings. The van der Waals surface area contributed by atoms with Crippen molar-refractivity contribution in [2.24, 2.45) is 0 Å². The van der Waals surface area contributed by atoms with Gasteiger partial charge in [-0.05, 0) is 29.8 Å². The number of nitro groups is 1. The second-order valence-corrected chi connectivity index (χ2v) is 5.70. The van der Waals surface area contributed by atoms with Gasteiger partial charge in [-0.1, -0.05) is 29.3 Å². The van der Waals surface area contributed by atoms with E-state index in [0.717, 1.165) is 0 Å². The normalized spacial score (nSPS) is 10.4. The summed E-state index contributed by atoms with van der Waals surface area (Å²) < 4.78 is 0. The van der Waals surface area contributed by atoms with E-state index >= 15 is 0 Å². The Bertz CT molecular complexity index is 780. The minimum Gasteiger partial charge on any atom is -0.478 e. The first kappa shape index (κ1) is 17.1. The molecule has 0 aliphatic rings. The van der Waals surface area contributed by atoms with Crippen molar-refractivity contribution in [2.45, 2.75) is 6.54 Å². The number of halogens is 2. The van der Waals surface area contributed by atoms with Gasteiger partial charge in [0.2, 0.25) is 0 Å². The van der Waals surface area contributed by atoms with Crippen molar-refractivity contribution in [1.29, 1.82) is 0 Å². The number of nitrogens with zero attached hydrogens (tertiary/aromatic N) is 2. The first-order chi connectivity index (χ1) is 10.8. The molecule has 1 N–H and O–H groups in total. The topological polar surface area (TPSA) is 83.7 Å². The number of rotatable bonds is 5. The van der Waals surface area contributed by atoms with Gasteiger partial charge < -0.3 is 10.0 Å². The second kappa shape index (κ2) is 6.85. The van der Waals surface area contributed by atoms with E-state index in [1.807, 2.05) is 0 Å². The van der Waals surface area contributed by atoms with Crippen molar-refractivity contribution in [3.05, 3.63) is 67.7 Å². The van der Waals surface area contributed by atoms with Gasteiger partial charge in [0.25, 0.3) is 5.69 Å². The zero-order valence-corrected chi connectivity index (χ0v) is 13.5. The van der Waals surface area contributed by atoms with E-state index in [-0.39, 0.29) is 23.5 Å². The molecule has 2 rings (SSSR count). The second-order valence-electron chi connectivity index (χ2n) is 4.86. The Morgan fingerprint density at radius 2 is 1.96 bits per heavy atom. The molecule has 0 saturated heterocycles. The molecule has 0 fully saturated rings. The molecular weight excluding hydrogens is 343 g/mol. The summed E-state index contributed by atoms with van der Waals surface area (Å²) in [6.45, 7) is 0.264. The zero-order chi connectivity index (χ0) is 17.1. The van der Waals surface area contributed by atoms with Crippen LogP contribution >= 0.6 is 23.2 Å². The summed E-state index contributed by atoms with van der Waals surface area (Å²) in [5.41, 5.74) is 0.705. The number of anilines is 1. The van der Waals surface area contributed by atoms with Gasteiger partial charge >= 0.3 is 5.97 Å². The maximum atomic E-state index is 11.2. The summed E-state index contributed by atoms with van der Waals surface area (Å²) in [5, 5.41) is 21.1. The Kier molecular flexibility index (Phi) is 5.08. The number of carboxylic acids is 1. The number of benzene rings is 2. The van der Waals surface area contributed by atoms with Crippen molar-refractivity contribution >= 4 is 40.5 Å². The average Bonchev–Trinajstić information content (AvgIpc) is 2.49. The standard InChI is InChI=1S/C15H12Cl2N2O4/c1-18(8-10-2-4-11(16)7-12(10)17)14-6-9(15(20)21)3-5-13(14)19(22)23/h2-7H,8H2,1H3,(H,20,21). The fourth-order valence-corrected chi connectivity index (χ4v) is 2.58. The third-order valence-corrected chi connectivity index (χ3v) is 3.84. The molecule has 0 aliphatic carbocycles. The van der Waals surface area contributed by atoms with Gasteiger partial charge in [-0.25, -0.2) is 4.79 Å². The molecule has 0 aliphatic heterocycles. The van der Waals surface area contributed by atoms with E-state index < -0.39 is 10.9 Å². The van der Waals surface area contributed by atoms with Crippen molar-refractivity contribution in [3.63, 3.8) is 0 Å². The van der Waals surface area contributed by atoms with Gasteiger partial charge in [-0.2, -0.15) is 0 Å². The van der Waals surface area contributed by atoms with Gasteiger partial charge in [0, 0.05) is 29.7 Å². The largest absolute Gasteiger partial charge is 0.478 e. The van der Waals surface area contributed by atoms with Crippen LogP contribution in [0.5, 0.6) is 0 Å². The molecule has 0 amide bonds. The molecule has 2 aromatic carbocycles. The highest BCUT2D eigenvalue weighted by atomic mass is 35.5. The average molecular weight is 355 g/mol. The van der Waals surface area contributed by atoms with Crippen molar-refractivity contribution in [1.82, 2.24) is 0 Å². The van der Waals surface area contributed by atoms with Crippen LogP contribution in [0.1, 0.15) is 15.9 Å². The Labute approximate surface area is 142 Å². The molecule has 0 unspecified atom stereocenters. The van der Waals surface area contributed by atoms with Crippen LogP contribution in [0.3, 0.4) is 0 Å². The first-order valence-electron chi connectivity index (χ1n) is 6.46. The predicted octanol–water partition coefficient (Wildman–Crippen LogP) is 4.24. The lowest BCUT2D eigenvalue weighted by Crippen LogP contribution is -2.18. The SMILES string of the molecule is CN(Cc1ccc(Cl)cc1Cl)c1cc(C(=O)O)ccc1[N+](=O)[O-]. The molecule has 0 aromatic heterocycles. The van der Waals surface area contributed by atoms with E-state index in [9.17, 15) is 14.9 Å². The van der Waals surface area contributed by atoms with E-state index in [1.165, 1.54) is 18.2 Å². The van der Waals surface area contributed by atoms with E-state index in [2.05, 4.69) is 0 Å². The number of hydrogen-bond acceptors (Lipinski definition) is 4. The Hall–Kier alpha value is -2.31. The monoisotopic (exact) mass is 354 g/mol. The van der Waals surface area contributed by atoms with Gasteiger partial charge in [0.1, 0.15) is 5.69 Å². The van der Waals surface area contributed by atoms with Crippen LogP contribution in [0, 0.1) is 10.1 Å². The van der Waals surface area contributed by atoms with Crippen molar-refractivity contribution in [2.75, 3.05) is 11.9 Å². The number of carboxylic acid groups (broad SMARTS) is 1. The van der Waals surface area contributed by atoms with Crippen molar-refractivity contribution in [3.8, 4) is 0 Å². The smallest absolute Gasteiger partial charge is 0.335 e. The summed E-state index contributed by atoms with van der Waals surface area (Å²) in [6.07, 6.45) is 0. The minimum atomic E-state index is -1.15. The highest BCUT2D eigenvalue weighted by molar-refractivity contribution is 6.35. The maximum Gasteiger partial charge on any atom is 0.335 e. The molecular formula is C15H12Cl2N2O4. The van der Waals surface area contributed by atoms with Crippen LogP contribution in [0.15, 0.2) is 36.4 Å². The first-order valence-corrected chi connectivity index (χ1v) is 7.22. The Morgan fingerprint density at radius 1 is 1.26 bits per heavy atom. The van der Waals surface area contributed by atoms with Crippen LogP contribution in [0.2, 0.25) is 10.0 Å². The molecule has 0 atom stereocenters. The Morgan fingerprint density at radius 3 is 2.52 bits per heavy atom. The molecule has 23 heavy (non-hydrogen) atoms. The fraction of sp³-hybridized carbons (Fsp3) is 0.133. The summed E-state index contributed by atoms with van der Waals surface area (Å²) >= 11 is 11.9. The molecule has 8 heteroatoms. The molecule has 0 saturated carbocycles. The van der Waals surface area contributed by atoms with Gasteiger partial charge in [0.15, 0.2) is 0 Å². The highest BCUT2D eigenvalue weighted by Gasteiger charge is 2.20. The van der Waals surface area contributed by atoms with Crippen LogP contribution in [0.4, 0.5) is 11.4 Å². The zero-order valence-electron chi connectivity index (χ0n) is 12.0. The third-order valence-electron chi connectivity index (χ3n) is 3.25. The molecule has 6 nitrogen and oxygen atoms in total. The highest BCUT2D eigenvalue weighted by Crippen LogP contribution is 2.31. The lowest BCUT2D eigenvalue weighted by atomic mass is 10.1. The third kappa shape index (κ3) is 3.91. The molecule has 0 spiro atoms. The number of hydrogen-bond donors (Lipinski definition) is 1. The number of carbonyl (C=O) groups is 1. The lowest BCUT2D eigenvalue weighted by Gasteiger charge is -2.20. The van der Waals surface area contributed by atoms with Crippen LogP contribution in [0.25, 0.3) is 0 Å². The number of aromatic carboxylic acids is 1. The summed E-state index contributed by atoms with van der Waals surface area (Å²) in [5.74, 6) is -1.15. The summed E-state index contributed by atoms with van der Waals surface area (Å²) in [4.78, 5) is 23.3. The van der Waals surface area contributed by atoms with Gasteiger partial charge in [-0.15, -0.1) is 0 Å². The molecule has 120 valence electrons. The molecule has 0 heterocycles. The Balaban J connectivity index is 2.40. The quantitative estimate of drug-likeness (QED) is 0.641. The molecule has 0 bridgehead atoms. The van der Waals surface area contributed by atoms with Gasteiger partial charge in [-0.3, -0.25) is 10.1 Å². The maximum absolute atomic E-state index is 11.2. The lowest BCUT2D eigenvalue weighted by molar-refractivity contribution is -0.384. The van der Waals surface area contributed by atoms with Crippen molar-refractivity contribution < 1.29 is 14.8 Å². The fourth-order valence-electron chi connectivity index (χ4n) is 2.11. The van der Waals surface area contributed by atoms with Crippen LogP contribution in [-0.2, 0) is 6.54 Å². The van der Waals surface area contributed by atoms with E-state index in [4.69, 9.17) is 28.3 Å². The summed E-state index contributed by atoms with van der Waals surface area (Å²) in [7, 11) is 1.62. The van der Waals surface area contributed by atoms with Crippen LogP contribution in [-0.4, -0.2) is 23.0 Å². The van der Waals surface area contributed by atoms with Crippen LogP contribution < -0.4 is 4.90 Å².